The van der Waals surface area contributed by atoms with E-state index < -0.39 is 10.0 Å². The summed E-state index contributed by atoms with van der Waals surface area (Å²) in [6, 6.07) is 2.27. The zero-order valence-electron chi connectivity index (χ0n) is 10.9. The fourth-order valence-corrected chi connectivity index (χ4v) is 2.72. The van der Waals surface area contributed by atoms with Crippen molar-refractivity contribution in [2.75, 3.05) is 5.32 Å². The Labute approximate surface area is 127 Å². The largest absolute Gasteiger partial charge is 0.320 e. The van der Waals surface area contributed by atoms with Gasteiger partial charge in [-0.1, -0.05) is 36.2 Å². The number of hydrogen-bond donors (Lipinski definition) is 2. The number of nitrogens with one attached hydrogen (secondary N) is 1. The first-order valence-electron chi connectivity index (χ1n) is 5.66. The average molecular weight is 337 g/mol. The Hall–Kier alpha value is -1.08. The topological polar surface area (TPSA) is 89.3 Å². The highest BCUT2D eigenvalue weighted by atomic mass is 35.5. The van der Waals surface area contributed by atoms with Crippen LogP contribution in [0.4, 0.5) is 5.69 Å². The van der Waals surface area contributed by atoms with Crippen LogP contribution in [0.15, 0.2) is 28.7 Å². The number of anilines is 1. The maximum absolute atomic E-state index is 11.8. The smallest absolute Gasteiger partial charge is 0.251 e. The third kappa shape index (κ3) is 4.21. The summed E-state index contributed by atoms with van der Waals surface area (Å²) in [5, 5.41) is 7.53. The van der Waals surface area contributed by atoms with Crippen LogP contribution in [0.25, 0.3) is 0 Å². The fourth-order valence-electron chi connectivity index (χ4n) is 1.44. The number of rotatable bonds is 4. The monoisotopic (exact) mass is 336 g/mol. The molecule has 0 heterocycles. The summed E-state index contributed by atoms with van der Waals surface area (Å²) in [5.41, 5.74) is 0.657. The van der Waals surface area contributed by atoms with E-state index in [0.29, 0.717) is 12.0 Å². The normalized spacial score (nSPS) is 12.3. The van der Waals surface area contributed by atoms with E-state index in [1.807, 2.05) is 6.92 Å². The summed E-state index contributed by atoms with van der Waals surface area (Å²) in [4.78, 5) is 11.6. The lowest BCUT2D eigenvalue weighted by Gasteiger charge is -2.11. The maximum atomic E-state index is 11.8. The lowest BCUT2D eigenvalue weighted by atomic mass is 10.2. The zero-order chi connectivity index (χ0) is 15.5. The van der Waals surface area contributed by atoms with Crippen LogP contribution in [0.2, 0.25) is 10.0 Å². The number of carbonyl (C=O) groups is 1. The third-order valence-electron chi connectivity index (χ3n) is 2.45. The highest BCUT2D eigenvalue weighted by Gasteiger charge is 2.16. The second-order valence-electron chi connectivity index (χ2n) is 4.06. The molecule has 0 fully saturated rings. The van der Waals surface area contributed by atoms with Crippen LogP contribution in [-0.2, 0) is 14.8 Å². The summed E-state index contributed by atoms with van der Waals surface area (Å²) >= 11 is 11.9. The van der Waals surface area contributed by atoms with Gasteiger partial charge in [-0.05, 0) is 25.5 Å². The van der Waals surface area contributed by atoms with E-state index in [1.54, 1.807) is 13.0 Å². The van der Waals surface area contributed by atoms with E-state index in [-0.39, 0.29) is 26.5 Å². The maximum Gasteiger partial charge on any atom is 0.251 e. The first-order valence-corrected chi connectivity index (χ1v) is 7.97. The molecule has 1 amide bonds. The number of allylic oxidation sites excluding steroid dienone is 1. The van der Waals surface area contributed by atoms with Crippen molar-refractivity contribution in [1.29, 1.82) is 0 Å². The first kappa shape index (κ1) is 17.0. The molecule has 0 saturated heterocycles. The van der Waals surface area contributed by atoms with E-state index in [0.717, 1.165) is 12.1 Å². The van der Waals surface area contributed by atoms with Crippen molar-refractivity contribution in [3.63, 3.8) is 0 Å². The number of amides is 1. The van der Waals surface area contributed by atoms with E-state index in [9.17, 15) is 13.2 Å². The predicted molar refractivity (Wildman–Crippen MR) is 80.5 cm³/mol. The quantitative estimate of drug-likeness (QED) is 0.828. The molecule has 1 aromatic carbocycles. The number of hydrogen-bond acceptors (Lipinski definition) is 3. The Morgan fingerprint density at radius 2 is 1.85 bits per heavy atom. The van der Waals surface area contributed by atoms with Crippen LogP contribution in [0.1, 0.15) is 20.3 Å². The van der Waals surface area contributed by atoms with Gasteiger partial charge in [0.25, 0.3) is 5.91 Å². The molecule has 110 valence electrons. The highest BCUT2D eigenvalue weighted by Crippen LogP contribution is 2.33. The lowest BCUT2D eigenvalue weighted by molar-refractivity contribution is -0.112. The van der Waals surface area contributed by atoms with Crippen LogP contribution >= 0.6 is 23.2 Å². The SMILES string of the molecule is CC/C=C(/C)C(=O)Nc1c(Cl)cc(S(N)(=O)=O)cc1Cl. The molecule has 8 heteroatoms. The number of nitrogens with two attached hydrogens (primary N) is 1. The summed E-state index contributed by atoms with van der Waals surface area (Å²) in [7, 11) is -3.91. The molecule has 0 atom stereocenters. The molecule has 0 unspecified atom stereocenters. The molecule has 0 aliphatic rings. The summed E-state index contributed by atoms with van der Waals surface area (Å²) < 4.78 is 22.5. The molecule has 20 heavy (non-hydrogen) atoms. The van der Waals surface area contributed by atoms with Crippen LogP contribution in [0, 0.1) is 0 Å². The fraction of sp³-hybridized carbons (Fsp3) is 0.250. The first-order chi connectivity index (χ1) is 9.16. The van der Waals surface area contributed by atoms with E-state index in [2.05, 4.69) is 5.32 Å². The predicted octanol–water partition coefficient (Wildman–Crippen LogP) is 2.94. The summed E-state index contributed by atoms with van der Waals surface area (Å²) in [6.45, 7) is 3.55. The van der Waals surface area contributed by atoms with Crippen LogP contribution in [-0.4, -0.2) is 14.3 Å². The van der Waals surface area contributed by atoms with Gasteiger partial charge in [0.2, 0.25) is 10.0 Å². The standard InChI is InChI=1S/C12H14Cl2N2O3S/c1-3-4-7(2)12(17)16-11-9(13)5-8(6-10(11)14)20(15,18)19/h4-6H,3H2,1-2H3,(H,16,17)(H2,15,18,19)/b7-4-. The average Bonchev–Trinajstić information content (AvgIpc) is 2.32. The van der Waals surface area contributed by atoms with Crippen molar-refractivity contribution in [1.82, 2.24) is 0 Å². The van der Waals surface area contributed by atoms with Gasteiger partial charge in [0.1, 0.15) is 0 Å². The summed E-state index contributed by atoms with van der Waals surface area (Å²) in [6.07, 6.45) is 2.46. The minimum absolute atomic E-state index is 0.000765. The second kappa shape index (κ2) is 6.58. The van der Waals surface area contributed by atoms with Gasteiger partial charge in [-0.2, -0.15) is 0 Å². The van der Waals surface area contributed by atoms with Crippen LogP contribution in [0.5, 0.6) is 0 Å². The number of primary sulfonamides is 1. The summed E-state index contributed by atoms with van der Waals surface area (Å²) in [5.74, 6) is -0.362. The molecule has 0 aromatic heterocycles. The van der Waals surface area contributed by atoms with Crippen molar-refractivity contribution in [3.05, 3.63) is 33.8 Å². The minimum Gasteiger partial charge on any atom is -0.320 e. The molecular weight excluding hydrogens is 323 g/mol. The minimum atomic E-state index is -3.91. The Morgan fingerprint density at radius 1 is 1.35 bits per heavy atom. The van der Waals surface area contributed by atoms with E-state index in [1.165, 1.54) is 0 Å². The van der Waals surface area contributed by atoms with Gasteiger partial charge < -0.3 is 5.32 Å². The Bertz CT molecular complexity index is 646. The number of benzene rings is 1. The number of carbonyl (C=O) groups excluding carboxylic acids is 1. The molecule has 0 aliphatic heterocycles. The molecular formula is C12H14Cl2N2O3S. The van der Waals surface area contributed by atoms with Crippen molar-refractivity contribution in [2.24, 2.45) is 5.14 Å². The van der Waals surface area contributed by atoms with Crippen molar-refractivity contribution in [2.45, 2.75) is 25.2 Å². The molecule has 3 N–H and O–H groups in total. The van der Waals surface area contributed by atoms with Gasteiger partial charge in [0.05, 0.1) is 20.6 Å². The van der Waals surface area contributed by atoms with E-state index >= 15 is 0 Å². The van der Waals surface area contributed by atoms with Gasteiger partial charge >= 0.3 is 0 Å². The molecule has 0 aliphatic carbocycles. The van der Waals surface area contributed by atoms with Crippen molar-refractivity contribution in [3.8, 4) is 0 Å². The second-order valence-corrected chi connectivity index (χ2v) is 6.43. The molecule has 1 aromatic rings. The van der Waals surface area contributed by atoms with Crippen molar-refractivity contribution >= 4 is 44.8 Å². The highest BCUT2D eigenvalue weighted by molar-refractivity contribution is 7.89. The molecule has 5 nitrogen and oxygen atoms in total. The third-order valence-corrected chi connectivity index (χ3v) is 3.94. The van der Waals surface area contributed by atoms with Crippen LogP contribution < -0.4 is 10.5 Å². The van der Waals surface area contributed by atoms with Gasteiger partial charge in [-0.3, -0.25) is 4.79 Å². The van der Waals surface area contributed by atoms with Gasteiger partial charge in [-0.15, -0.1) is 0 Å². The molecule has 0 radical (unpaired) electrons. The van der Waals surface area contributed by atoms with E-state index in [4.69, 9.17) is 28.3 Å². The Kier molecular flexibility index (Phi) is 5.59. The zero-order valence-corrected chi connectivity index (χ0v) is 13.2. The number of halogens is 2. The molecule has 0 saturated carbocycles. The van der Waals surface area contributed by atoms with Gasteiger partial charge in [0, 0.05) is 5.57 Å². The van der Waals surface area contributed by atoms with Crippen molar-refractivity contribution < 1.29 is 13.2 Å². The number of sulfonamides is 1. The Morgan fingerprint density at radius 3 is 2.25 bits per heavy atom. The molecule has 0 spiro atoms. The Balaban J connectivity index is 3.16. The van der Waals surface area contributed by atoms with Gasteiger partial charge in [0.15, 0.2) is 0 Å². The molecule has 1 rings (SSSR count). The lowest BCUT2D eigenvalue weighted by Crippen LogP contribution is -2.15. The van der Waals surface area contributed by atoms with Crippen LogP contribution in [0.3, 0.4) is 0 Å². The molecule has 0 bridgehead atoms. The van der Waals surface area contributed by atoms with Gasteiger partial charge in [-0.25, -0.2) is 13.6 Å².